The average molecular weight is 523 g/mol. The van der Waals surface area contributed by atoms with Crippen molar-refractivity contribution in [1.29, 1.82) is 0 Å². The Morgan fingerprint density at radius 2 is 1.90 bits per heavy atom. The maximum absolute atomic E-state index is 15.6. The summed E-state index contributed by atoms with van der Waals surface area (Å²) in [5, 5.41) is 5.61. The number of carbonyl (C=O) groups is 2. The van der Waals surface area contributed by atoms with E-state index in [0.29, 0.717) is 51.9 Å². The van der Waals surface area contributed by atoms with Gasteiger partial charge in [-0.1, -0.05) is 43.3 Å². The quantitative estimate of drug-likeness (QED) is 0.279. The fraction of sp³-hybridized carbons (Fsp3) is 0.226. The first-order valence-corrected chi connectivity index (χ1v) is 13.0. The highest BCUT2D eigenvalue weighted by Gasteiger charge is 2.29. The van der Waals surface area contributed by atoms with Crippen molar-refractivity contribution in [2.24, 2.45) is 0 Å². The smallest absolute Gasteiger partial charge is 0.337 e. The van der Waals surface area contributed by atoms with Crippen molar-refractivity contribution in [3.63, 3.8) is 0 Å². The highest BCUT2D eigenvalue weighted by molar-refractivity contribution is 5.97. The van der Waals surface area contributed by atoms with Crippen LogP contribution in [0.15, 0.2) is 66.7 Å². The number of fused-ring (bicyclic) bond motifs is 3. The number of methoxy groups -OCH3 is 1. The molecule has 0 radical (unpaired) electrons. The van der Waals surface area contributed by atoms with Gasteiger partial charge in [-0.2, -0.15) is 5.10 Å². The van der Waals surface area contributed by atoms with E-state index in [1.807, 2.05) is 30.9 Å². The Morgan fingerprint density at radius 1 is 1.08 bits per heavy atom. The van der Waals surface area contributed by atoms with Gasteiger partial charge < -0.3 is 9.64 Å². The number of halogens is 1. The molecule has 6 rings (SSSR count). The zero-order valence-electron chi connectivity index (χ0n) is 21.9. The molecule has 0 saturated carbocycles. The van der Waals surface area contributed by atoms with E-state index in [4.69, 9.17) is 4.74 Å². The largest absolute Gasteiger partial charge is 0.465 e. The van der Waals surface area contributed by atoms with Crippen LogP contribution in [0.2, 0.25) is 0 Å². The minimum absolute atomic E-state index is 0.0579. The van der Waals surface area contributed by atoms with Gasteiger partial charge in [-0.15, -0.1) is 0 Å². The van der Waals surface area contributed by atoms with Crippen LogP contribution in [0, 0.1) is 5.82 Å². The van der Waals surface area contributed by atoms with Crippen molar-refractivity contribution in [2.45, 2.75) is 32.7 Å². The van der Waals surface area contributed by atoms with Crippen LogP contribution in [0.4, 0.5) is 4.39 Å². The maximum Gasteiger partial charge on any atom is 0.337 e. The maximum atomic E-state index is 15.6. The van der Waals surface area contributed by atoms with Crippen LogP contribution >= 0.6 is 0 Å². The number of carbonyl (C=O) groups excluding carboxylic acids is 2. The number of ether oxygens (including phenoxy) is 1. The van der Waals surface area contributed by atoms with E-state index < -0.39 is 11.8 Å². The number of amides is 1. The molecule has 1 atom stereocenters. The second-order valence-electron chi connectivity index (χ2n) is 9.76. The number of rotatable bonds is 4. The second kappa shape index (κ2) is 9.62. The minimum Gasteiger partial charge on any atom is -0.465 e. The summed E-state index contributed by atoms with van der Waals surface area (Å²) in [5.74, 6) is -1.05. The van der Waals surface area contributed by atoms with E-state index in [0.717, 1.165) is 17.7 Å². The van der Waals surface area contributed by atoms with Crippen molar-refractivity contribution >= 4 is 28.3 Å². The fourth-order valence-corrected chi connectivity index (χ4v) is 5.46. The number of hydrogen-bond acceptors (Lipinski definition) is 5. The molecular formula is C31H27FN4O3. The lowest BCUT2D eigenvalue weighted by Gasteiger charge is -2.35. The number of hydrogen-bond donors (Lipinski definition) is 0. The first-order valence-electron chi connectivity index (χ1n) is 13.0. The summed E-state index contributed by atoms with van der Waals surface area (Å²) < 4.78 is 22.1. The topological polar surface area (TPSA) is 76.8 Å². The van der Waals surface area contributed by atoms with Gasteiger partial charge in [0.2, 0.25) is 0 Å². The molecule has 3 heterocycles. The summed E-state index contributed by atoms with van der Waals surface area (Å²) in [6, 6.07) is 19.8. The van der Waals surface area contributed by atoms with Crippen molar-refractivity contribution in [3.05, 3.63) is 101 Å². The number of aromatic nitrogens is 3. The van der Waals surface area contributed by atoms with Crippen molar-refractivity contribution in [1.82, 2.24) is 19.5 Å². The number of aryl methyl sites for hydroxylation is 1. The van der Waals surface area contributed by atoms with Gasteiger partial charge in [0.15, 0.2) is 5.65 Å². The third-order valence-electron chi connectivity index (χ3n) is 7.59. The van der Waals surface area contributed by atoms with Gasteiger partial charge in [0.05, 0.1) is 24.4 Å². The number of esters is 1. The van der Waals surface area contributed by atoms with E-state index >= 15 is 4.39 Å². The molecular weight excluding hydrogens is 495 g/mol. The Bertz CT molecular complexity index is 1780. The lowest BCUT2D eigenvalue weighted by Crippen LogP contribution is -2.39. The Kier molecular flexibility index (Phi) is 6.10. The lowest BCUT2D eigenvalue weighted by molar-refractivity contribution is 0.0600. The first-order chi connectivity index (χ1) is 18.9. The normalized spacial score (nSPS) is 15.0. The molecule has 2 aromatic heterocycles. The Balaban J connectivity index is 1.38. The van der Waals surface area contributed by atoms with E-state index in [2.05, 4.69) is 22.2 Å². The second-order valence-corrected chi connectivity index (χ2v) is 9.76. The van der Waals surface area contributed by atoms with E-state index in [1.165, 1.54) is 12.7 Å². The van der Waals surface area contributed by atoms with Crippen LogP contribution in [0.3, 0.4) is 0 Å². The van der Waals surface area contributed by atoms with E-state index in [9.17, 15) is 9.59 Å². The Labute approximate surface area is 224 Å². The van der Waals surface area contributed by atoms with Gasteiger partial charge in [0, 0.05) is 29.3 Å². The van der Waals surface area contributed by atoms with Gasteiger partial charge in [0.25, 0.3) is 5.91 Å². The molecule has 0 spiro atoms. The summed E-state index contributed by atoms with van der Waals surface area (Å²) in [6.07, 6.45) is 1.42. The summed E-state index contributed by atoms with van der Waals surface area (Å²) in [7, 11) is 1.31. The third-order valence-corrected chi connectivity index (χ3v) is 7.59. The molecule has 1 aliphatic heterocycles. The van der Waals surface area contributed by atoms with Crippen molar-refractivity contribution < 1.29 is 18.7 Å². The third kappa shape index (κ3) is 4.12. The van der Waals surface area contributed by atoms with Crippen molar-refractivity contribution in [3.8, 4) is 11.3 Å². The molecule has 8 heteroatoms. The molecule has 0 bridgehead atoms. The highest BCUT2D eigenvalue weighted by Crippen LogP contribution is 2.32. The minimum atomic E-state index is -0.478. The van der Waals surface area contributed by atoms with Gasteiger partial charge in [-0.3, -0.25) is 4.79 Å². The zero-order valence-corrected chi connectivity index (χ0v) is 21.9. The molecule has 1 aliphatic rings. The van der Waals surface area contributed by atoms with Crippen LogP contribution in [-0.2, 0) is 17.6 Å². The monoisotopic (exact) mass is 522 g/mol. The predicted molar refractivity (Wildman–Crippen MR) is 146 cm³/mol. The van der Waals surface area contributed by atoms with Gasteiger partial charge >= 0.3 is 5.97 Å². The molecule has 39 heavy (non-hydrogen) atoms. The molecule has 3 aromatic carbocycles. The summed E-state index contributed by atoms with van der Waals surface area (Å²) >= 11 is 0. The fourth-order valence-electron chi connectivity index (χ4n) is 5.46. The van der Waals surface area contributed by atoms with E-state index in [-0.39, 0.29) is 11.9 Å². The van der Waals surface area contributed by atoms with Crippen LogP contribution < -0.4 is 0 Å². The van der Waals surface area contributed by atoms with Crippen LogP contribution in [0.1, 0.15) is 57.6 Å². The highest BCUT2D eigenvalue weighted by atomic mass is 19.1. The Morgan fingerprint density at radius 3 is 2.69 bits per heavy atom. The Hall–Kier alpha value is -4.59. The zero-order chi connectivity index (χ0) is 27.3. The molecule has 7 nitrogen and oxygen atoms in total. The lowest BCUT2D eigenvalue weighted by atomic mass is 9.93. The summed E-state index contributed by atoms with van der Waals surface area (Å²) in [4.78, 5) is 32.1. The molecule has 0 unspecified atom stereocenters. The van der Waals surface area contributed by atoms with Gasteiger partial charge in [-0.05, 0) is 60.5 Å². The van der Waals surface area contributed by atoms with Gasteiger partial charge in [-0.25, -0.2) is 18.7 Å². The van der Waals surface area contributed by atoms with Crippen LogP contribution in [0.25, 0.3) is 27.7 Å². The summed E-state index contributed by atoms with van der Waals surface area (Å²) in [6.45, 7) is 4.65. The van der Waals surface area contributed by atoms with Gasteiger partial charge in [0.1, 0.15) is 11.5 Å². The standard InChI is InChI=1S/C31H27FN4O3/c1-4-22-16-27(30(37)35-14-13-19-7-5-6-8-23(19)18(35)2)33-28-17-26(34-36(22)28)25-12-9-20-15-21(31(38)39-3)10-11-24(20)29(25)32/h5-12,15-18H,4,13-14H2,1-3H3/t18-/m1/s1. The number of benzene rings is 3. The SMILES string of the molecule is CCc1cc(C(=O)N2CCc3ccccc3[C@H]2C)nc2cc(-c3ccc4cc(C(=O)OC)ccc4c3F)nn12. The van der Waals surface area contributed by atoms with Crippen LogP contribution in [-0.4, -0.2) is 45.0 Å². The first kappa shape index (κ1) is 24.7. The average Bonchev–Trinajstić information content (AvgIpc) is 3.40. The molecule has 196 valence electrons. The molecule has 0 aliphatic carbocycles. The number of nitrogens with zero attached hydrogens (tertiary/aromatic N) is 4. The molecule has 1 amide bonds. The molecule has 0 saturated heterocycles. The molecule has 0 fully saturated rings. The molecule has 5 aromatic rings. The van der Waals surface area contributed by atoms with E-state index in [1.54, 1.807) is 47.0 Å². The molecule has 0 N–H and O–H groups in total. The van der Waals surface area contributed by atoms with Crippen LogP contribution in [0.5, 0.6) is 0 Å². The summed E-state index contributed by atoms with van der Waals surface area (Å²) in [5.41, 5.74) is 5.16. The van der Waals surface area contributed by atoms with Crippen molar-refractivity contribution in [2.75, 3.05) is 13.7 Å². The predicted octanol–water partition coefficient (Wildman–Crippen LogP) is 5.80.